The second kappa shape index (κ2) is 12.3. The van der Waals surface area contributed by atoms with E-state index in [9.17, 15) is 14.4 Å². The third-order valence-corrected chi connectivity index (χ3v) is 8.46. The first-order chi connectivity index (χ1) is 19.4. The molecule has 0 amide bonds. The lowest BCUT2D eigenvalue weighted by Gasteiger charge is -2.38. The lowest BCUT2D eigenvalue weighted by molar-refractivity contribution is -0.111. The Morgan fingerprint density at radius 2 is 1.80 bits per heavy atom. The zero-order chi connectivity index (χ0) is 30.1. The first kappa shape index (κ1) is 30.6. The molecule has 1 N–H and O–H groups in total. The number of halogens is 2. The summed E-state index contributed by atoms with van der Waals surface area (Å²) in [5.41, 5.74) is -1.55. The van der Waals surface area contributed by atoms with Gasteiger partial charge < -0.3 is 14.3 Å². The predicted octanol–water partition coefficient (Wildman–Crippen LogP) is 7.61. The Kier molecular flexibility index (Phi) is 9.15. The van der Waals surface area contributed by atoms with E-state index in [0.29, 0.717) is 12.2 Å². The molecule has 1 fully saturated rings. The van der Waals surface area contributed by atoms with Gasteiger partial charge in [0.1, 0.15) is 23.8 Å². The maximum absolute atomic E-state index is 13.8. The molecule has 4 rings (SSSR count). The van der Waals surface area contributed by atoms with Crippen LogP contribution in [0.1, 0.15) is 93.3 Å². The Morgan fingerprint density at radius 1 is 1.17 bits per heavy atom. The van der Waals surface area contributed by atoms with Gasteiger partial charge in [0, 0.05) is 0 Å². The van der Waals surface area contributed by atoms with E-state index in [1.165, 1.54) is 23.1 Å². The van der Waals surface area contributed by atoms with Crippen molar-refractivity contribution in [1.82, 2.24) is 14.6 Å². The molecule has 0 saturated heterocycles. The third kappa shape index (κ3) is 6.00. The van der Waals surface area contributed by atoms with Crippen molar-refractivity contribution >= 4 is 52.8 Å². The Balaban J connectivity index is 1.76. The minimum Gasteiger partial charge on any atom is -0.459 e. The molecule has 2 unspecified atom stereocenters. The number of nitrogens with one attached hydrogen (secondary N) is 1. The zero-order valence-corrected chi connectivity index (χ0v) is 25.3. The van der Waals surface area contributed by atoms with Crippen molar-refractivity contribution in [2.24, 2.45) is 17.8 Å². The van der Waals surface area contributed by atoms with E-state index in [1.54, 1.807) is 19.9 Å². The molecule has 9 nitrogen and oxygen atoms in total. The van der Waals surface area contributed by atoms with Crippen molar-refractivity contribution in [3.63, 3.8) is 0 Å². The van der Waals surface area contributed by atoms with Crippen LogP contribution in [0, 0.1) is 24.3 Å². The number of carbonyl (C=O) groups excluding carboxylic acids is 3. The fourth-order valence-electron chi connectivity index (χ4n) is 5.65. The highest BCUT2D eigenvalue weighted by Crippen LogP contribution is 2.42. The summed E-state index contributed by atoms with van der Waals surface area (Å²) < 4.78 is 12.9. The molecule has 41 heavy (non-hydrogen) atoms. The lowest BCUT2D eigenvalue weighted by Crippen LogP contribution is -2.38. The Labute approximate surface area is 249 Å². The summed E-state index contributed by atoms with van der Waals surface area (Å²) in [6.45, 7) is 17.5. The molecule has 11 heteroatoms. The Bertz CT molecular complexity index is 1490. The number of unbranched alkanes of at least 4 members (excludes halogenated alkanes) is 1. The molecule has 1 aliphatic rings. The highest BCUT2D eigenvalue weighted by atomic mass is 35.5. The fourth-order valence-corrected chi connectivity index (χ4v) is 6.21. The number of ether oxygens (including phenoxy) is 2. The van der Waals surface area contributed by atoms with Gasteiger partial charge in [0.25, 0.3) is 5.69 Å². The van der Waals surface area contributed by atoms with Gasteiger partial charge in [-0.1, -0.05) is 69.3 Å². The van der Waals surface area contributed by atoms with Crippen LogP contribution in [0.5, 0.6) is 5.88 Å². The first-order valence-corrected chi connectivity index (χ1v) is 14.5. The van der Waals surface area contributed by atoms with Gasteiger partial charge in [-0.05, 0) is 56.6 Å². The number of esters is 2. The predicted molar refractivity (Wildman–Crippen MR) is 156 cm³/mol. The summed E-state index contributed by atoms with van der Waals surface area (Å²) in [6, 6.07) is 4.55. The summed E-state index contributed by atoms with van der Waals surface area (Å²) in [6.07, 6.45) is 5.71. The number of fused-ring (bicyclic) bond motifs is 1. The Hall–Kier alpha value is -3.35. The summed E-state index contributed by atoms with van der Waals surface area (Å²) in [7, 11) is 0. The smallest absolute Gasteiger partial charge is 0.346 e. The molecule has 2 heterocycles. The van der Waals surface area contributed by atoms with Crippen LogP contribution in [0.15, 0.2) is 18.2 Å². The van der Waals surface area contributed by atoms with E-state index in [4.69, 9.17) is 39.2 Å². The normalized spacial score (nSPS) is 20.9. The molecule has 1 aliphatic carbocycles. The van der Waals surface area contributed by atoms with Crippen LogP contribution in [0.25, 0.3) is 10.5 Å². The van der Waals surface area contributed by atoms with Gasteiger partial charge in [-0.25, -0.2) is 23.9 Å². The third-order valence-electron chi connectivity index (χ3n) is 7.83. The van der Waals surface area contributed by atoms with Crippen molar-refractivity contribution in [2.75, 3.05) is 0 Å². The van der Waals surface area contributed by atoms with Crippen LogP contribution in [-0.2, 0) is 14.9 Å². The number of nitrogens with zero attached hydrogens (tertiary/aromatic N) is 3. The maximum atomic E-state index is 13.8. The fraction of sp³-hybridized carbons (Fsp3) is 0.500. The number of hydrogen-bond donors (Lipinski definition) is 1. The molecule has 0 bridgehead atoms. The SMILES string of the molecule is [C-]#[N+]c1c(C(=O)OC2C(C)CC(CCCC)CC2C)c2nc(C(C)(C)C=O)[nH]n2c1OC(=O)c1c(Cl)cccc1Cl. The minimum atomic E-state index is -1.06. The van der Waals surface area contributed by atoms with E-state index in [-0.39, 0.29) is 62.2 Å². The van der Waals surface area contributed by atoms with Crippen molar-refractivity contribution in [3.8, 4) is 5.88 Å². The van der Waals surface area contributed by atoms with Crippen molar-refractivity contribution in [3.05, 3.63) is 56.6 Å². The molecule has 0 radical (unpaired) electrons. The Morgan fingerprint density at radius 3 is 2.37 bits per heavy atom. The highest BCUT2D eigenvalue weighted by Gasteiger charge is 2.39. The van der Waals surface area contributed by atoms with Crippen molar-refractivity contribution < 1.29 is 23.9 Å². The van der Waals surface area contributed by atoms with Crippen LogP contribution in [0.4, 0.5) is 5.69 Å². The quantitative estimate of drug-likeness (QED) is 0.154. The summed E-state index contributed by atoms with van der Waals surface area (Å²) in [4.78, 5) is 46.8. The molecule has 218 valence electrons. The average molecular weight is 602 g/mol. The average Bonchev–Trinajstić information content (AvgIpc) is 3.47. The van der Waals surface area contributed by atoms with Crippen molar-refractivity contribution in [1.29, 1.82) is 0 Å². The molecule has 1 saturated carbocycles. The van der Waals surface area contributed by atoms with E-state index < -0.39 is 17.4 Å². The molecular weight excluding hydrogens is 567 g/mol. The monoisotopic (exact) mass is 600 g/mol. The topological polar surface area (TPSA) is 107 Å². The molecule has 1 aromatic carbocycles. The number of aromatic nitrogens is 3. The van der Waals surface area contributed by atoms with Crippen LogP contribution < -0.4 is 4.74 Å². The van der Waals surface area contributed by atoms with E-state index in [0.717, 1.165) is 25.7 Å². The molecule has 0 aliphatic heterocycles. The van der Waals surface area contributed by atoms with E-state index in [1.807, 2.05) is 0 Å². The van der Waals surface area contributed by atoms with Gasteiger partial charge in [0.2, 0.25) is 5.88 Å². The van der Waals surface area contributed by atoms with Gasteiger partial charge in [0.15, 0.2) is 5.65 Å². The van der Waals surface area contributed by atoms with Gasteiger partial charge in [-0.2, -0.15) is 0 Å². The van der Waals surface area contributed by atoms with Gasteiger partial charge in [-0.3, -0.25) is 5.10 Å². The summed E-state index contributed by atoms with van der Waals surface area (Å²) in [5, 5.41) is 3.04. The number of rotatable bonds is 9. The number of aldehydes is 1. The molecule has 0 spiro atoms. The van der Waals surface area contributed by atoms with Gasteiger partial charge in [0.05, 0.1) is 27.6 Å². The molecular formula is C30H34Cl2N4O5. The van der Waals surface area contributed by atoms with Crippen LogP contribution in [-0.4, -0.2) is 38.9 Å². The van der Waals surface area contributed by atoms with Gasteiger partial charge >= 0.3 is 11.9 Å². The van der Waals surface area contributed by atoms with Gasteiger partial charge in [-0.15, -0.1) is 0 Å². The van der Waals surface area contributed by atoms with Crippen molar-refractivity contribution in [2.45, 2.75) is 78.2 Å². The number of hydrogen-bond acceptors (Lipinski definition) is 6. The lowest BCUT2D eigenvalue weighted by atomic mass is 9.73. The summed E-state index contributed by atoms with van der Waals surface area (Å²) in [5.74, 6) is -0.915. The second-order valence-corrected chi connectivity index (χ2v) is 12.3. The van der Waals surface area contributed by atoms with E-state index in [2.05, 4.69) is 35.7 Å². The molecule has 2 aromatic heterocycles. The van der Waals surface area contributed by atoms with Crippen LogP contribution in [0.3, 0.4) is 0 Å². The zero-order valence-electron chi connectivity index (χ0n) is 23.8. The number of H-pyrrole nitrogens is 1. The van der Waals surface area contributed by atoms with Crippen LogP contribution in [0.2, 0.25) is 10.0 Å². The molecule has 2 atom stereocenters. The summed E-state index contributed by atoms with van der Waals surface area (Å²) >= 11 is 12.4. The molecule has 3 aromatic rings. The largest absolute Gasteiger partial charge is 0.459 e. The van der Waals surface area contributed by atoms with E-state index >= 15 is 0 Å². The second-order valence-electron chi connectivity index (χ2n) is 11.5. The highest BCUT2D eigenvalue weighted by molar-refractivity contribution is 6.39. The first-order valence-electron chi connectivity index (χ1n) is 13.8. The minimum absolute atomic E-state index is 0.0101. The van der Waals surface area contributed by atoms with Crippen LogP contribution >= 0.6 is 23.2 Å². The standard InChI is InChI=1S/C30H34Cl2N4O5/c1-7-8-10-18-13-16(2)24(17(3)14-18)40-28(39)22-23(33-6)26(36-25(22)34-29(35-36)30(4,5)15-37)41-27(38)21-19(31)11-9-12-20(21)32/h9,11-12,15-18,24H,7-8,10,13-14H2,1-5H3,(H,34,35). The number of benzene rings is 1. The number of carbonyl (C=O) groups is 3. The maximum Gasteiger partial charge on any atom is 0.346 e. The number of aromatic amines is 1.